The summed E-state index contributed by atoms with van der Waals surface area (Å²) < 4.78 is 18.1. The van der Waals surface area contributed by atoms with Gasteiger partial charge < -0.3 is 29.8 Å². The first kappa shape index (κ1) is 27.7. The van der Waals surface area contributed by atoms with E-state index in [2.05, 4.69) is 22.8 Å². The van der Waals surface area contributed by atoms with E-state index in [-0.39, 0.29) is 13.2 Å². The lowest BCUT2D eigenvalue weighted by atomic mass is 9.75. The molecule has 2 atom stereocenters. The smallest absolute Gasteiger partial charge is 0.465 e. The molecule has 2 aromatic carbocycles. The standard InChI is InChI=1S/C27H37BN2O6/c1-26(2)27(3,4)36-28(35-26)23(17-11-16-20-12-7-5-8-13-20)30-24(31)22(29-25(32)33)19-34-18-21-14-9-6-10-15-21/h5-10,12-15,22-23,29H,11,16-19H2,1-4H3,(H,30,31)(H,32,33)/t22-,23+/m1/s1. The second-order valence-electron chi connectivity index (χ2n) is 10.1. The Morgan fingerprint density at radius 3 is 2.03 bits per heavy atom. The Balaban J connectivity index is 1.66. The molecule has 1 heterocycles. The molecule has 1 aliphatic rings. The largest absolute Gasteiger partial charge is 0.481 e. The summed E-state index contributed by atoms with van der Waals surface area (Å²) >= 11 is 0. The number of ether oxygens (including phenoxy) is 1. The van der Waals surface area contributed by atoms with E-state index < -0.39 is 42.3 Å². The summed E-state index contributed by atoms with van der Waals surface area (Å²) in [6, 6.07) is 18.5. The van der Waals surface area contributed by atoms with E-state index in [4.69, 9.17) is 14.0 Å². The van der Waals surface area contributed by atoms with Crippen LogP contribution >= 0.6 is 0 Å². The minimum absolute atomic E-state index is 0.104. The highest BCUT2D eigenvalue weighted by molar-refractivity contribution is 6.48. The van der Waals surface area contributed by atoms with Gasteiger partial charge in [-0.3, -0.25) is 4.79 Å². The number of hydrogen-bond donors (Lipinski definition) is 3. The van der Waals surface area contributed by atoms with Gasteiger partial charge in [0.1, 0.15) is 6.04 Å². The van der Waals surface area contributed by atoms with Gasteiger partial charge in [-0.25, -0.2) is 4.79 Å². The van der Waals surface area contributed by atoms with E-state index in [9.17, 15) is 14.7 Å². The van der Waals surface area contributed by atoms with Crippen molar-refractivity contribution in [3.63, 3.8) is 0 Å². The Bertz CT molecular complexity index is 970. The van der Waals surface area contributed by atoms with Crippen LogP contribution in [0, 0.1) is 0 Å². The van der Waals surface area contributed by atoms with Gasteiger partial charge in [-0.1, -0.05) is 60.7 Å². The van der Waals surface area contributed by atoms with Crippen molar-refractivity contribution >= 4 is 19.1 Å². The predicted molar refractivity (Wildman–Crippen MR) is 138 cm³/mol. The topological polar surface area (TPSA) is 106 Å². The first-order valence-electron chi connectivity index (χ1n) is 12.4. The zero-order valence-electron chi connectivity index (χ0n) is 21.5. The van der Waals surface area contributed by atoms with Crippen molar-refractivity contribution in [2.24, 2.45) is 0 Å². The number of amides is 2. The average Bonchev–Trinajstić information content (AvgIpc) is 3.05. The molecule has 0 aliphatic carbocycles. The fraction of sp³-hybridized carbons (Fsp3) is 0.481. The number of nitrogens with one attached hydrogen (secondary N) is 2. The molecule has 3 rings (SSSR count). The third-order valence-electron chi connectivity index (χ3n) is 6.76. The molecular formula is C27H37BN2O6. The number of hydrogen-bond acceptors (Lipinski definition) is 5. The number of benzene rings is 2. The van der Waals surface area contributed by atoms with Crippen LogP contribution in [-0.4, -0.2) is 54.0 Å². The second-order valence-corrected chi connectivity index (χ2v) is 10.1. The quantitative estimate of drug-likeness (QED) is 0.384. The predicted octanol–water partition coefficient (Wildman–Crippen LogP) is 3.98. The van der Waals surface area contributed by atoms with Gasteiger partial charge in [0, 0.05) is 0 Å². The molecule has 2 amide bonds. The molecule has 0 radical (unpaired) electrons. The summed E-state index contributed by atoms with van der Waals surface area (Å²) in [5.41, 5.74) is 1.02. The van der Waals surface area contributed by atoms with Crippen LogP contribution in [0.25, 0.3) is 0 Å². The van der Waals surface area contributed by atoms with Gasteiger partial charge in [0.15, 0.2) is 0 Å². The Morgan fingerprint density at radius 1 is 0.917 bits per heavy atom. The van der Waals surface area contributed by atoms with Crippen LogP contribution in [0.4, 0.5) is 4.79 Å². The van der Waals surface area contributed by atoms with E-state index in [0.29, 0.717) is 6.42 Å². The van der Waals surface area contributed by atoms with Gasteiger partial charge in [0.2, 0.25) is 5.91 Å². The molecule has 0 aromatic heterocycles. The highest BCUT2D eigenvalue weighted by Crippen LogP contribution is 2.38. The number of rotatable bonds is 12. The third kappa shape index (κ3) is 7.81. The van der Waals surface area contributed by atoms with E-state index in [0.717, 1.165) is 18.4 Å². The lowest BCUT2D eigenvalue weighted by molar-refractivity contribution is -0.125. The molecule has 0 saturated carbocycles. The molecule has 3 N–H and O–H groups in total. The van der Waals surface area contributed by atoms with Crippen LogP contribution in [0.3, 0.4) is 0 Å². The monoisotopic (exact) mass is 496 g/mol. The van der Waals surface area contributed by atoms with E-state index in [1.54, 1.807) is 0 Å². The van der Waals surface area contributed by atoms with Crippen LogP contribution < -0.4 is 10.6 Å². The maximum atomic E-state index is 13.2. The normalized spacial score (nSPS) is 17.8. The van der Waals surface area contributed by atoms with Crippen molar-refractivity contribution in [1.82, 2.24) is 10.6 Å². The maximum absolute atomic E-state index is 13.2. The molecule has 0 bridgehead atoms. The molecule has 9 heteroatoms. The minimum atomic E-state index is -1.30. The van der Waals surface area contributed by atoms with Crippen molar-refractivity contribution in [3.8, 4) is 0 Å². The van der Waals surface area contributed by atoms with Crippen molar-refractivity contribution in [3.05, 3.63) is 71.8 Å². The van der Waals surface area contributed by atoms with Gasteiger partial charge in [-0.2, -0.15) is 0 Å². The first-order chi connectivity index (χ1) is 17.1. The molecule has 0 spiro atoms. The number of carboxylic acid groups (broad SMARTS) is 1. The van der Waals surface area contributed by atoms with Crippen molar-refractivity contribution < 1.29 is 28.7 Å². The maximum Gasteiger partial charge on any atom is 0.481 e. The summed E-state index contributed by atoms with van der Waals surface area (Å²) in [5.74, 6) is -0.945. The fourth-order valence-corrected chi connectivity index (χ4v) is 3.98. The SMILES string of the molecule is CC1(C)OB([C@H](CCCc2ccccc2)NC(=O)[C@@H](COCc2ccccc2)NC(=O)O)OC1(C)C. The second kappa shape index (κ2) is 12.4. The Kier molecular flexibility index (Phi) is 9.53. The summed E-state index contributed by atoms with van der Waals surface area (Å²) in [6.45, 7) is 8.00. The summed E-state index contributed by atoms with van der Waals surface area (Å²) in [6.07, 6.45) is 0.932. The fourth-order valence-electron chi connectivity index (χ4n) is 3.98. The molecule has 194 valence electrons. The number of carbonyl (C=O) groups is 2. The van der Waals surface area contributed by atoms with Gasteiger partial charge in [0.25, 0.3) is 0 Å². The molecule has 2 aromatic rings. The molecule has 1 fully saturated rings. The van der Waals surface area contributed by atoms with Crippen molar-refractivity contribution in [2.75, 3.05) is 6.61 Å². The van der Waals surface area contributed by atoms with Gasteiger partial charge in [0.05, 0.1) is 30.4 Å². The highest BCUT2D eigenvalue weighted by Gasteiger charge is 2.54. The number of carbonyl (C=O) groups excluding carboxylic acids is 1. The van der Waals surface area contributed by atoms with Crippen LogP contribution in [0.2, 0.25) is 0 Å². The van der Waals surface area contributed by atoms with E-state index >= 15 is 0 Å². The van der Waals surface area contributed by atoms with Crippen LogP contribution in [-0.2, 0) is 31.9 Å². The Hall–Kier alpha value is -2.88. The number of aryl methyl sites for hydroxylation is 1. The first-order valence-corrected chi connectivity index (χ1v) is 12.4. The van der Waals surface area contributed by atoms with E-state index in [1.165, 1.54) is 5.56 Å². The molecule has 36 heavy (non-hydrogen) atoms. The third-order valence-corrected chi connectivity index (χ3v) is 6.76. The lowest BCUT2D eigenvalue weighted by Gasteiger charge is -2.32. The molecular weight excluding hydrogens is 459 g/mol. The molecule has 1 saturated heterocycles. The van der Waals surface area contributed by atoms with Crippen LogP contribution in [0.5, 0.6) is 0 Å². The van der Waals surface area contributed by atoms with Crippen LogP contribution in [0.1, 0.15) is 51.7 Å². The van der Waals surface area contributed by atoms with Gasteiger partial charge >= 0.3 is 13.2 Å². The Labute approximate surface area is 213 Å². The minimum Gasteiger partial charge on any atom is -0.465 e. The van der Waals surface area contributed by atoms with Crippen LogP contribution in [0.15, 0.2) is 60.7 Å². The van der Waals surface area contributed by atoms with Gasteiger partial charge in [-0.15, -0.1) is 0 Å². The molecule has 1 aliphatic heterocycles. The summed E-state index contributed by atoms with van der Waals surface area (Å²) in [4.78, 5) is 24.6. The molecule has 8 nitrogen and oxygen atoms in total. The average molecular weight is 496 g/mol. The van der Waals surface area contributed by atoms with Crippen molar-refractivity contribution in [1.29, 1.82) is 0 Å². The highest BCUT2D eigenvalue weighted by atomic mass is 16.7. The molecule has 0 unspecified atom stereocenters. The summed E-state index contributed by atoms with van der Waals surface area (Å²) in [7, 11) is -0.662. The Morgan fingerprint density at radius 2 is 1.47 bits per heavy atom. The lowest BCUT2D eigenvalue weighted by Crippen LogP contribution is -2.55. The van der Waals surface area contributed by atoms with Crippen molar-refractivity contribution in [2.45, 2.75) is 76.7 Å². The zero-order valence-corrected chi connectivity index (χ0v) is 21.5. The zero-order chi connectivity index (χ0) is 26.2. The summed E-state index contributed by atoms with van der Waals surface area (Å²) in [5, 5.41) is 14.6. The van der Waals surface area contributed by atoms with Gasteiger partial charge in [-0.05, 0) is 58.1 Å². The van der Waals surface area contributed by atoms with E-state index in [1.807, 2.05) is 76.2 Å².